The number of anilines is 1. The molecule has 0 spiro atoms. The summed E-state index contributed by atoms with van der Waals surface area (Å²) < 4.78 is 40.6. The van der Waals surface area contributed by atoms with Crippen LogP contribution in [0.15, 0.2) is 108 Å². The molecule has 1 N–H and O–H groups in total. The van der Waals surface area contributed by atoms with E-state index in [1.807, 2.05) is 44.2 Å². The minimum absolute atomic E-state index is 0.0164. The Morgan fingerprint density at radius 1 is 0.851 bits per heavy atom. The predicted molar refractivity (Wildman–Crippen MR) is 184 cm³/mol. The second-order valence-corrected chi connectivity index (χ2v) is 13.3. The molecule has 2 atom stereocenters. The van der Waals surface area contributed by atoms with Crippen molar-refractivity contribution in [3.05, 3.63) is 119 Å². The highest BCUT2D eigenvalue weighted by atomic mass is 35.5. The monoisotopic (exact) mass is 677 g/mol. The zero-order chi connectivity index (χ0) is 34.0. The number of amides is 2. The number of rotatable bonds is 15. The Labute approximate surface area is 282 Å². The van der Waals surface area contributed by atoms with E-state index in [0.29, 0.717) is 22.8 Å². The van der Waals surface area contributed by atoms with Crippen LogP contribution in [-0.2, 0) is 32.6 Å². The SMILES string of the molecule is CC[C@H](C)NC(=O)[C@H](Cc1ccccc1)N(Cc1ccc(Cl)cc1)C(=O)CN(c1cc(OC)ccc1OC)S(=O)(=O)c1ccccc1. The minimum Gasteiger partial charge on any atom is -0.497 e. The van der Waals surface area contributed by atoms with Crippen LogP contribution in [0.3, 0.4) is 0 Å². The number of ether oxygens (including phenoxy) is 2. The molecule has 47 heavy (non-hydrogen) atoms. The van der Waals surface area contributed by atoms with Gasteiger partial charge in [-0.15, -0.1) is 0 Å². The van der Waals surface area contributed by atoms with Crippen LogP contribution in [0.2, 0.25) is 5.02 Å². The summed E-state index contributed by atoms with van der Waals surface area (Å²) >= 11 is 6.16. The van der Waals surface area contributed by atoms with Crippen LogP contribution in [0.4, 0.5) is 5.69 Å². The number of carbonyl (C=O) groups is 2. The third kappa shape index (κ3) is 9.05. The molecule has 0 unspecified atom stereocenters. The van der Waals surface area contributed by atoms with Crippen LogP contribution in [0.1, 0.15) is 31.4 Å². The topological polar surface area (TPSA) is 105 Å². The van der Waals surface area contributed by atoms with E-state index in [1.54, 1.807) is 54.6 Å². The van der Waals surface area contributed by atoms with Gasteiger partial charge in [0.05, 0.1) is 24.8 Å². The highest BCUT2D eigenvalue weighted by molar-refractivity contribution is 7.92. The molecule has 0 saturated carbocycles. The highest BCUT2D eigenvalue weighted by Gasteiger charge is 2.36. The molecule has 2 amide bonds. The maximum atomic E-state index is 14.7. The third-order valence-corrected chi connectivity index (χ3v) is 9.83. The predicted octanol–water partition coefficient (Wildman–Crippen LogP) is 6.11. The summed E-state index contributed by atoms with van der Waals surface area (Å²) in [5.41, 5.74) is 1.67. The van der Waals surface area contributed by atoms with E-state index in [-0.39, 0.29) is 41.2 Å². The maximum Gasteiger partial charge on any atom is 0.264 e. The van der Waals surface area contributed by atoms with Crippen molar-refractivity contribution in [3.63, 3.8) is 0 Å². The van der Waals surface area contributed by atoms with Crippen molar-refractivity contribution in [2.75, 3.05) is 25.1 Å². The molecular weight excluding hydrogens is 638 g/mol. The van der Waals surface area contributed by atoms with Gasteiger partial charge in [-0.25, -0.2) is 8.42 Å². The standard InChI is InChI=1S/C36H40ClN3O6S/c1-5-26(2)38-36(42)33(22-27-12-8-6-9-13-27)39(24-28-16-18-29(37)19-17-28)35(41)25-40(47(43,44)31-14-10-7-11-15-31)32-23-30(45-3)20-21-34(32)46-4/h6-21,23,26,33H,5,22,24-25H2,1-4H3,(H,38,42)/t26-,33-/m0/s1. The summed E-state index contributed by atoms with van der Waals surface area (Å²) in [5, 5.41) is 3.55. The van der Waals surface area contributed by atoms with Gasteiger partial charge in [0.15, 0.2) is 0 Å². The largest absolute Gasteiger partial charge is 0.497 e. The zero-order valence-electron chi connectivity index (χ0n) is 26.9. The lowest BCUT2D eigenvalue weighted by Crippen LogP contribution is -2.54. The summed E-state index contributed by atoms with van der Waals surface area (Å²) in [4.78, 5) is 30.1. The number of hydrogen-bond acceptors (Lipinski definition) is 6. The van der Waals surface area contributed by atoms with E-state index >= 15 is 0 Å². The van der Waals surface area contributed by atoms with Crippen LogP contribution in [-0.4, -0.2) is 58.0 Å². The van der Waals surface area contributed by atoms with Crippen LogP contribution < -0.4 is 19.1 Å². The molecule has 248 valence electrons. The summed E-state index contributed by atoms with van der Waals surface area (Å²) in [5.74, 6) is -0.348. The van der Waals surface area contributed by atoms with Crippen LogP contribution in [0.5, 0.6) is 11.5 Å². The van der Waals surface area contributed by atoms with Crippen molar-refractivity contribution >= 4 is 39.1 Å². The fourth-order valence-corrected chi connectivity index (χ4v) is 6.57. The number of sulfonamides is 1. The number of hydrogen-bond donors (Lipinski definition) is 1. The first kappa shape index (κ1) is 35.3. The molecule has 0 aliphatic carbocycles. The highest BCUT2D eigenvalue weighted by Crippen LogP contribution is 2.36. The number of benzene rings is 4. The second-order valence-electron chi connectivity index (χ2n) is 11.0. The molecule has 0 fully saturated rings. The third-order valence-electron chi connectivity index (χ3n) is 7.80. The van der Waals surface area contributed by atoms with E-state index in [2.05, 4.69) is 5.32 Å². The normalized spacial score (nSPS) is 12.4. The van der Waals surface area contributed by atoms with Crippen molar-refractivity contribution in [1.82, 2.24) is 10.2 Å². The van der Waals surface area contributed by atoms with Crippen LogP contribution >= 0.6 is 11.6 Å². The van der Waals surface area contributed by atoms with Crippen molar-refractivity contribution in [2.24, 2.45) is 0 Å². The lowest BCUT2D eigenvalue weighted by molar-refractivity contribution is -0.140. The Balaban J connectivity index is 1.86. The van der Waals surface area contributed by atoms with E-state index in [4.69, 9.17) is 21.1 Å². The van der Waals surface area contributed by atoms with Crippen molar-refractivity contribution in [2.45, 2.75) is 50.2 Å². The average molecular weight is 678 g/mol. The van der Waals surface area contributed by atoms with Gasteiger partial charge in [-0.3, -0.25) is 13.9 Å². The van der Waals surface area contributed by atoms with Gasteiger partial charge < -0.3 is 19.7 Å². The Hall–Kier alpha value is -4.54. The molecule has 4 rings (SSSR count). The van der Waals surface area contributed by atoms with Gasteiger partial charge >= 0.3 is 0 Å². The fraction of sp³-hybridized carbons (Fsp3) is 0.278. The molecule has 0 saturated heterocycles. The molecule has 11 heteroatoms. The summed E-state index contributed by atoms with van der Waals surface area (Å²) in [6, 6.07) is 27.8. The number of nitrogens with one attached hydrogen (secondary N) is 1. The summed E-state index contributed by atoms with van der Waals surface area (Å²) in [7, 11) is -1.43. The van der Waals surface area contributed by atoms with E-state index < -0.39 is 28.5 Å². The van der Waals surface area contributed by atoms with E-state index in [9.17, 15) is 18.0 Å². The average Bonchev–Trinajstić information content (AvgIpc) is 3.09. The molecule has 9 nitrogen and oxygen atoms in total. The molecule has 0 aromatic heterocycles. The number of halogens is 1. The Morgan fingerprint density at radius 3 is 2.09 bits per heavy atom. The van der Waals surface area contributed by atoms with Crippen molar-refractivity contribution in [3.8, 4) is 11.5 Å². The molecule has 0 aliphatic rings. The molecule has 0 radical (unpaired) electrons. The first-order chi connectivity index (χ1) is 22.6. The summed E-state index contributed by atoms with van der Waals surface area (Å²) in [6.07, 6.45) is 0.893. The second kappa shape index (κ2) is 16.3. The number of methoxy groups -OCH3 is 2. The Kier molecular flexibility index (Phi) is 12.3. The maximum absolute atomic E-state index is 14.7. The van der Waals surface area contributed by atoms with Gasteiger partial charge in [-0.1, -0.05) is 79.2 Å². The van der Waals surface area contributed by atoms with Gasteiger partial charge in [0.2, 0.25) is 11.8 Å². The van der Waals surface area contributed by atoms with Gasteiger partial charge in [-0.2, -0.15) is 0 Å². The first-order valence-electron chi connectivity index (χ1n) is 15.2. The van der Waals surface area contributed by atoms with Gasteiger partial charge in [0.1, 0.15) is 24.1 Å². The Bertz CT molecular complexity index is 1740. The number of nitrogens with zero attached hydrogens (tertiary/aromatic N) is 2. The molecule has 0 bridgehead atoms. The lowest BCUT2D eigenvalue weighted by Gasteiger charge is -2.34. The minimum atomic E-state index is -4.31. The van der Waals surface area contributed by atoms with E-state index in [1.165, 1.54) is 37.3 Å². The zero-order valence-corrected chi connectivity index (χ0v) is 28.5. The first-order valence-corrected chi connectivity index (χ1v) is 17.1. The van der Waals surface area contributed by atoms with Crippen molar-refractivity contribution in [1.29, 1.82) is 0 Å². The van der Waals surface area contributed by atoms with E-state index in [0.717, 1.165) is 9.87 Å². The summed E-state index contributed by atoms with van der Waals surface area (Å²) in [6.45, 7) is 3.25. The molecule has 0 heterocycles. The smallest absolute Gasteiger partial charge is 0.264 e. The Morgan fingerprint density at radius 2 is 1.49 bits per heavy atom. The quantitative estimate of drug-likeness (QED) is 0.163. The molecule has 4 aromatic rings. The molecule has 4 aromatic carbocycles. The lowest BCUT2D eigenvalue weighted by atomic mass is 10.0. The van der Waals surface area contributed by atoms with Crippen molar-refractivity contribution < 1.29 is 27.5 Å². The van der Waals surface area contributed by atoms with Gasteiger partial charge in [-0.05, 0) is 60.9 Å². The molecular formula is C36H40ClN3O6S. The van der Waals surface area contributed by atoms with Crippen LogP contribution in [0.25, 0.3) is 0 Å². The molecule has 0 aliphatic heterocycles. The van der Waals surface area contributed by atoms with Crippen LogP contribution in [0, 0.1) is 0 Å². The number of carbonyl (C=O) groups excluding carboxylic acids is 2. The van der Waals surface area contributed by atoms with Gasteiger partial charge in [0.25, 0.3) is 10.0 Å². The van der Waals surface area contributed by atoms with Gasteiger partial charge in [0, 0.05) is 30.1 Å². The fourth-order valence-electron chi connectivity index (χ4n) is 5.01.